The molecule has 0 aromatic heterocycles. The lowest BCUT2D eigenvalue weighted by atomic mass is 10.1. The number of nitrogens with one attached hydrogen (secondary N) is 1. The van der Waals surface area contributed by atoms with Gasteiger partial charge >= 0.3 is 0 Å². The molecule has 0 aliphatic heterocycles. The first kappa shape index (κ1) is 14.0. The van der Waals surface area contributed by atoms with Crippen molar-refractivity contribution in [3.63, 3.8) is 0 Å². The summed E-state index contributed by atoms with van der Waals surface area (Å²) in [7, 11) is 4.15. The summed E-state index contributed by atoms with van der Waals surface area (Å²) in [6.45, 7) is 6.81. The highest BCUT2D eigenvalue weighted by molar-refractivity contribution is 5.43. The van der Waals surface area contributed by atoms with Crippen molar-refractivity contribution in [1.29, 1.82) is 0 Å². The maximum Gasteiger partial charge on any atom is 0.0337 e. The molecule has 0 heterocycles. The summed E-state index contributed by atoms with van der Waals surface area (Å²) in [6.07, 6.45) is 2.62. The topological polar surface area (TPSA) is 15.3 Å². The molecule has 0 saturated heterocycles. The second kappa shape index (κ2) is 7.33. The predicted octanol–water partition coefficient (Wildman–Crippen LogP) is 3.60. The van der Waals surface area contributed by atoms with Crippen molar-refractivity contribution in [2.24, 2.45) is 5.92 Å². The summed E-state index contributed by atoms with van der Waals surface area (Å²) >= 11 is 0. The Balaban J connectivity index is 2.31. The molecule has 0 radical (unpaired) electrons. The Labute approximate surface area is 106 Å². The minimum absolute atomic E-state index is 0.818. The lowest BCUT2D eigenvalue weighted by molar-refractivity contribution is 0.310. The van der Waals surface area contributed by atoms with Crippen LogP contribution in [0.25, 0.3) is 0 Å². The normalized spacial score (nSPS) is 11.2. The van der Waals surface area contributed by atoms with Crippen LogP contribution in [0.15, 0.2) is 24.3 Å². The quantitative estimate of drug-likeness (QED) is 0.775. The fourth-order valence-electron chi connectivity index (χ4n) is 1.94. The molecule has 0 saturated carbocycles. The smallest absolute Gasteiger partial charge is 0.0337 e. The Kier molecular flexibility index (Phi) is 6.06. The standard InChI is InChI=1S/C15H26N2/c1-13(2)6-5-11-17(4)12-14-7-9-15(16-3)10-8-14/h7-10,13,16H,5-6,11-12H2,1-4H3. The highest BCUT2D eigenvalue weighted by Gasteiger charge is 2.01. The van der Waals surface area contributed by atoms with E-state index >= 15 is 0 Å². The minimum atomic E-state index is 0.818. The van der Waals surface area contributed by atoms with Gasteiger partial charge in [-0.3, -0.25) is 0 Å². The van der Waals surface area contributed by atoms with E-state index in [1.54, 1.807) is 0 Å². The van der Waals surface area contributed by atoms with Gasteiger partial charge in [-0.15, -0.1) is 0 Å². The van der Waals surface area contributed by atoms with E-state index in [-0.39, 0.29) is 0 Å². The number of anilines is 1. The van der Waals surface area contributed by atoms with Gasteiger partial charge in [0.05, 0.1) is 0 Å². The molecule has 0 atom stereocenters. The van der Waals surface area contributed by atoms with Gasteiger partial charge in [0.15, 0.2) is 0 Å². The van der Waals surface area contributed by atoms with Crippen molar-refractivity contribution in [2.75, 3.05) is 26.0 Å². The molecule has 2 nitrogen and oxygen atoms in total. The van der Waals surface area contributed by atoms with Gasteiger partial charge in [0.1, 0.15) is 0 Å². The molecule has 0 spiro atoms. The number of hydrogen-bond donors (Lipinski definition) is 1. The second-order valence-electron chi connectivity index (χ2n) is 5.22. The molecule has 0 amide bonds. The lowest BCUT2D eigenvalue weighted by Gasteiger charge is -2.17. The molecule has 0 aliphatic carbocycles. The van der Waals surface area contributed by atoms with Crippen molar-refractivity contribution in [1.82, 2.24) is 4.90 Å². The Hall–Kier alpha value is -1.02. The van der Waals surface area contributed by atoms with Crippen molar-refractivity contribution in [3.05, 3.63) is 29.8 Å². The van der Waals surface area contributed by atoms with Crippen molar-refractivity contribution in [2.45, 2.75) is 33.2 Å². The van der Waals surface area contributed by atoms with E-state index in [4.69, 9.17) is 0 Å². The third kappa shape index (κ3) is 5.73. The van der Waals surface area contributed by atoms with Crippen LogP contribution in [0.3, 0.4) is 0 Å². The molecule has 17 heavy (non-hydrogen) atoms. The van der Waals surface area contributed by atoms with Gasteiger partial charge in [0, 0.05) is 19.3 Å². The first-order valence-electron chi connectivity index (χ1n) is 6.57. The third-order valence-corrected chi connectivity index (χ3v) is 3.02. The molecular weight excluding hydrogens is 208 g/mol. The first-order valence-corrected chi connectivity index (χ1v) is 6.57. The minimum Gasteiger partial charge on any atom is -0.388 e. The van der Waals surface area contributed by atoms with Crippen LogP contribution in [0, 0.1) is 5.92 Å². The van der Waals surface area contributed by atoms with Gasteiger partial charge < -0.3 is 10.2 Å². The number of rotatable bonds is 7. The van der Waals surface area contributed by atoms with E-state index in [0.717, 1.165) is 12.5 Å². The van der Waals surface area contributed by atoms with Crippen LogP contribution in [-0.4, -0.2) is 25.5 Å². The summed E-state index contributed by atoms with van der Waals surface area (Å²) in [6, 6.07) is 8.67. The van der Waals surface area contributed by atoms with Gasteiger partial charge in [-0.05, 0) is 50.0 Å². The fraction of sp³-hybridized carbons (Fsp3) is 0.600. The Morgan fingerprint density at radius 1 is 1.18 bits per heavy atom. The van der Waals surface area contributed by atoms with Gasteiger partial charge in [-0.25, -0.2) is 0 Å². The maximum atomic E-state index is 3.14. The second-order valence-corrected chi connectivity index (χ2v) is 5.22. The van der Waals surface area contributed by atoms with Gasteiger partial charge in [-0.1, -0.05) is 26.0 Å². The SMILES string of the molecule is CNc1ccc(CN(C)CCCC(C)C)cc1. The Bertz CT molecular complexity index is 303. The van der Waals surface area contributed by atoms with Crippen molar-refractivity contribution in [3.8, 4) is 0 Å². The van der Waals surface area contributed by atoms with Crippen LogP contribution in [0.1, 0.15) is 32.3 Å². The highest BCUT2D eigenvalue weighted by Crippen LogP contribution is 2.11. The van der Waals surface area contributed by atoms with Gasteiger partial charge in [-0.2, -0.15) is 0 Å². The molecule has 2 heteroatoms. The molecule has 96 valence electrons. The fourth-order valence-corrected chi connectivity index (χ4v) is 1.94. The summed E-state index contributed by atoms with van der Waals surface area (Å²) in [5.41, 5.74) is 2.56. The van der Waals surface area contributed by atoms with Gasteiger partial charge in [0.2, 0.25) is 0 Å². The average Bonchev–Trinajstić information content (AvgIpc) is 2.29. The molecule has 1 aromatic carbocycles. The van der Waals surface area contributed by atoms with Crippen molar-refractivity contribution < 1.29 is 0 Å². The molecule has 1 N–H and O–H groups in total. The maximum absolute atomic E-state index is 3.14. The van der Waals surface area contributed by atoms with E-state index in [1.165, 1.54) is 30.6 Å². The van der Waals surface area contributed by atoms with Crippen LogP contribution < -0.4 is 5.32 Å². The van der Waals surface area contributed by atoms with Crippen LogP contribution in [0.5, 0.6) is 0 Å². The summed E-state index contributed by atoms with van der Waals surface area (Å²) < 4.78 is 0. The number of hydrogen-bond acceptors (Lipinski definition) is 2. The molecule has 0 unspecified atom stereocenters. The molecule has 1 aromatic rings. The monoisotopic (exact) mass is 234 g/mol. The van der Waals surface area contributed by atoms with Gasteiger partial charge in [0.25, 0.3) is 0 Å². The largest absolute Gasteiger partial charge is 0.388 e. The third-order valence-electron chi connectivity index (χ3n) is 3.02. The zero-order valence-electron chi connectivity index (χ0n) is 11.7. The van der Waals surface area contributed by atoms with E-state index in [1.807, 2.05) is 7.05 Å². The molecular formula is C15H26N2. The van der Waals surface area contributed by atoms with E-state index in [2.05, 4.69) is 55.4 Å². The Morgan fingerprint density at radius 2 is 1.82 bits per heavy atom. The van der Waals surface area contributed by atoms with Crippen LogP contribution in [0.4, 0.5) is 5.69 Å². The van der Waals surface area contributed by atoms with E-state index in [9.17, 15) is 0 Å². The molecule has 1 rings (SSSR count). The lowest BCUT2D eigenvalue weighted by Crippen LogP contribution is -2.19. The first-order chi connectivity index (χ1) is 8.11. The predicted molar refractivity (Wildman–Crippen MR) is 76.4 cm³/mol. The van der Waals surface area contributed by atoms with E-state index in [0.29, 0.717) is 0 Å². The molecule has 0 aliphatic rings. The number of benzene rings is 1. The average molecular weight is 234 g/mol. The summed E-state index contributed by atoms with van der Waals surface area (Å²) in [5.74, 6) is 0.818. The zero-order chi connectivity index (χ0) is 12.7. The highest BCUT2D eigenvalue weighted by atomic mass is 15.1. The Morgan fingerprint density at radius 3 is 2.35 bits per heavy atom. The summed E-state index contributed by atoms with van der Waals surface area (Å²) in [4.78, 5) is 2.40. The number of nitrogens with zero attached hydrogens (tertiary/aromatic N) is 1. The molecule has 0 bridgehead atoms. The molecule has 0 fully saturated rings. The van der Waals surface area contributed by atoms with E-state index < -0.39 is 0 Å². The van der Waals surface area contributed by atoms with Crippen LogP contribution in [-0.2, 0) is 6.54 Å². The van der Waals surface area contributed by atoms with Crippen molar-refractivity contribution >= 4 is 5.69 Å². The zero-order valence-corrected chi connectivity index (χ0v) is 11.7. The summed E-state index contributed by atoms with van der Waals surface area (Å²) in [5, 5.41) is 3.14. The van der Waals surface area contributed by atoms with Crippen LogP contribution in [0.2, 0.25) is 0 Å². The van der Waals surface area contributed by atoms with Crippen LogP contribution >= 0.6 is 0 Å².